The first-order valence-corrected chi connectivity index (χ1v) is 10.4. The third kappa shape index (κ3) is 5.46. The molecule has 0 aliphatic carbocycles. The molecule has 1 aromatic heterocycles. The normalized spacial score (nSPS) is 15.6. The quantitative estimate of drug-likeness (QED) is 0.677. The number of amides is 2. The fourth-order valence-corrected chi connectivity index (χ4v) is 3.69. The SMILES string of the molecule is O=C(c1ccc(NS(=O)[O-])c(OC(F)(F)F)c1)N1CCN(C(=O)c2cscn2)CC1. The maximum Gasteiger partial charge on any atom is 0.573 e. The van der Waals surface area contributed by atoms with E-state index in [1.807, 2.05) is 0 Å². The lowest BCUT2D eigenvalue weighted by Gasteiger charge is -2.34. The Morgan fingerprint density at radius 1 is 1.17 bits per heavy atom. The van der Waals surface area contributed by atoms with Gasteiger partial charge in [0.05, 0.1) is 11.2 Å². The third-order valence-electron chi connectivity index (χ3n) is 4.15. The van der Waals surface area contributed by atoms with Gasteiger partial charge in [-0.15, -0.1) is 24.5 Å². The van der Waals surface area contributed by atoms with Crippen LogP contribution >= 0.6 is 11.3 Å². The van der Waals surface area contributed by atoms with E-state index in [9.17, 15) is 31.5 Å². The second-order valence-corrected chi connectivity index (χ2v) is 7.45. The maximum atomic E-state index is 12.7. The van der Waals surface area contributed by atoms with Crippen molar-refractivity contribution in [2.45, 2.75) is 6.36 Å². The molecule has 2 amide bonds. The average molecular weight is 463 g/mol. The van der Waals surface area contributed by atoms with Crippen LogP contribution in [0, 0.1) is 0 Å². The van der Waals surface area contributed by atoms with Crippen LogP contribution in [0.5, 0.6) is 5.75 Å². The summed E-state index contributed by atoms with van der Waals surface area (Å²) >= 11 is -1.60. The molecule has 1 aromatic carbocycles. The third-order valence-corrected chi connectivity index (χ3v) is 5.13. The summed E-state index contributed by atoms with van der Waals surface area (Å²) in [5, 5.41) is 1.62. The molecular formula is C16H14F3N4O5S2-. The molecule has 14 heteroatoms. The lowest BCUT2D eigenvalue weighted by Crippen LogP contribution is -2.50. The molecule has 3 rings (SSSR count). The maximum absolute atomic E-state index is 12.7. The first-order valence-electron chi connectivity index (χ1n) is 8.36. The number of nitrogens with zero attached hydrogens (tertiary/aromatic N) is 3. The Hall–Kier alpha value is -2.71. The van der Waals surface area contributed by atoms with Crippen molar-refractivity contribution in [1.82, 2.24) is 14.8 Å². The topological polar surface area (TPSA) is 115 Å². The number of aromatic nitrogens is 1. The summed E-state index contributed by atoms with van der Waals surface area (Å²) in [7, 11) is 0. The first kappa shape index (κ1) is 22.0. The molecule has 0 spiro atoms. The van der Waals surface area contributed by atoms with Crippen LogP contribution in [0.1, 0.15) is 20.8 Å². The van der Waals surface area contributed by atoms with Crippen LogP contribution in [-0.2, 0) is 11.3 Å². The zero-order valence-electron chi connectivity index (χ0n) is 15.0. The summed E-state index contributed by atoms with van der Waals surface area (Å²) in [5.41, 5.74) is 1.27. The van der Waals surface area contributed by atoms with E-state index in [2.05, 4.69) is 9.72 Å². The molecule has 1 atom stereocenters. The van der Waals surface area contributed by atoms with Crippen LogP contribution in [0.2, 0.25) is 0 Å². The van der Waals surface area contributed by atoms with Crippen LogP contribution in [0.15, 0.2) is 29.1 Å². The van der Waals surface area contributed by atoms with Gasteiger partial charge in [-0.1, -0.05) is 0 Å². The summed E-state index contributed by atoms with van der Waals surface area (Å²) in [6, 6.07) is 3.01. The molecule has 1 unspecified atom stereocenters. The van der Waals surface area contributed by atoms with E-state index >= 15 is 0 Å². The minimum atomic E-state index is -5.08. The number of benzene rings is 1. The van der Waals surface area contributed by atoms with Crippen molar-refractivity contribution in [3.05, 3.63) is 40.3 Å². The number of thiazole rings is 1. The Balaban J connectivity index is 1.71. The molecule has 2 heterocycles. The molecule has 0 saturated carbocycles. The first-order chi connectivity index (χ1) is 14.1. The van der Waals surface area contributed by atoms with Crippen molar-refractivity contribution in [2.24, 2.45) is 0 Å². The molecule has 1 fully saturated rings. The van der Waals surface area contributed by atoms with Crippen molar-refractivity contribution in [3.8, 4) is 5.75 Å². The standard InChI is InChI=1S/C16H15F3N4O5S2/c17-16(18,19)28-13-7-10(1-2-11(13)21-30(26)27)14(24)22-3-5-23(6-4-22)15(25)12-8-29-9-20-12/h1-2,7-9,21H,3-6H2,(H,26,27)/p-1. The van der Waals surface area contributed by atoms with E-state index in [0.717, 1.165) is 12.1 Å². The van der Waals surface area contributed by atoms with Crippen LogP contribution < -0.4 is 9.46 Å². The number of carbonyl (C=O) groups is 2. The minimum absolute atomic E-state index is 0.115. The van der Waals surface area contributed by atoms with E-state index < -0.39 is 35.0 Å². The molecule has 2 aromatic rings. The highest BCUT2D eigenvalue weighted by Gasteiger charge is 2.33. The van der Waals surface area contributed by atoms with E-state index in [4.69, 9.17) is 0 Å². The minimum Gasteiger partial charge on any atom is -0.755 e. The molecule has 0 radical (unpaired) electrons. The summed E-state index contributed by atoms with van der Waals surface area (Å²) in [6.07, 6.45) is -5.08. The summed E-state index contributed by atoms with van der Waals surface area (Å²) in [5.74, 6) is -1.68. The van der Waals surface area contributed by atoms with E-state index in [-0.39, 0.29) is 37.6 Å². The largest absolute Gasteiger partial charge is 0.755 e. The number of ether oxygens (including phenoxy) is 1. The predicted molar refractivity (Wildman–Crippen MR) is 99.6 cm³/mol. The van der Waals surface area contributed by atoms with Crippen LogP contribution in [0.4, 0.5) is 18.9 Å². The lowest BCUT2D eigenvalue weighted by atomic mass is 10.1. The number of halogens is 3. The number of alkyl halides is 3. The number of hydrogen-bond acceptors (Lipinski definition) is 7. The average Bonchev–Trinajstić information content (AvgIpc) is 3.21. The summed E-state index contributed by atoms with van der Waals surface area (Å²) < 4.78 is 65.1. The van der Waals surface area contributed by atoms with E-state index in [1.165, 1.54) is 32.7 Å². The van der Waals surface area contributed by atoms with Gasteiger partial charge in [0.1, 0.15) is 5.69 Å². The molecule has 30 heavy (non-hydrogen) atoms. The number of anilines is 1. The molecule has 1 saturated heterocycles. The van der Waals surface area contributed by atoms with Gasteiger partial charge >= 0.3 is 6.36 Å². The molecule has 1 aliphatic rings. The highest BCUT2D eigenvalue weighted by atomic mass is 32.2. The Morgan fingerprint density at radius 2 is 1.80 bits per heavy atom. The molecule has 1 aliphatic heterocycles. The molecule has 162 valence electrons. The number of nitrogens with one attached hydrogen (secondary N) is 1. The van der Waals surface area contributed by atoms with Gasteiger partial charge < -0.3 is 23.8 Å². The monoisotopic (exact) mass is 463 g/mol. The molecular weight excluding hydrogens is 449 g/mol. The van der Waals surface area contributed by atoms with Gasteiger partial charge in [0.25, 0.3) is 11.8 Å². The fraction of sp³-hybridized carbons (Fsp3) is 0.312. The highest BCUT2D eigenvalue weighted by Crippen LogP contribution is 2.32. The van der Waals surface area contributed by atoms with E-state index in [0.29, 0.717) is 5.69 Å². The zero-order valence-corrected chi connectivity index (χ0v) is 16.7. The second kappa shape index (κ2) is 8.97. The van der Waals surface area contributed by atoms with Crippen LogP contribution in [0.3, 0.4) is 0 Å². The number of hydrogen-bond donors (Lipinski definition) is 1. The Morgan fingerprint density at radius 3 is 2.33 bits per heavy atom. The number of carbonyl (C=O) groups excluding carboxylic acids is 2. The second-order valence-electron chi connectivity index (χ2n) is 6.05. The van der Waals surface area contributed by atoms with Gasteiger partial charge in [0.2, 0.25) is 0 Å². The van der Waals surface area contributed by atoms with Crippen molar-refractivity contribution in [1.29, 1.82) is 0 Å². The Bertz CT molecular complexity index is 947. The van der Waals surface area contributed by atoms with Crippen molar-refractivity contribution in [2.75, 3.05) is 30.9 Å². The Labute approximate surface area is 174 Å². The summed E-state index contributed by atoms with van der Waals surface area (Å²) in [6.45, 7) is 0.828. The highest BCUT2D eigenvalue weighted by molar-refractivity contribution is 7.80. The molecule has 0 bridgehead atoms. The van der Waals surface area contributed by atoms with Gasteiger partial charge in [-0.2, -0.15) is 0 Å². The van der Waals surface area contributed by atoms with Crippen molar-refractivity contribution >= 4 is 40.1 Å². The summed E-state index contributed by atoms with van der Waals surface area (Å²) in [4.78, 5) is 31.9. The van der Waals surface area contributed by atoms with Crippen molar-refractivity contribution < 1.29 is 36.3 Å². The van der Waals surface area contributed by atoms with Gasteiger partial charge in [-0.05, 0) is 18.2 Å². The predicted octanol–water partition coefficient (Wildman–Crippen LogP) is 1.85. The van der Waals surface area contributed by atoms with Crippen LogP contribution in [-0.4, -0.2) is 67.9 Å². The molecule has 1 N–H and O–H groups in total. The van der Waals surface area contributed by atoms with Gasteiger partial charge in [0.15, 0.2) is 5.75 Å². The lowest BCUT2D eigenvalue weighted by molar-refractivity contribution is -0.274. The Kier molecular flexibility index (Phi) is 6.58. The van der Waals surface area contributed by atoms with Crippen molar-refractivity contribution in [3.63, 3.8) is 0 Å². The fourth-order valence-electron chi connectivity index (χ4n) is 2.81. The van der Waals surface area contributed by atoms with E-state index in [1.54, 1.807) is 10.1 Å². The number of rotatable bonds is 5. The molecule has 9 nitrogen and oxygen atoms in total. The van der Waals surface area contributed by atoms with Gasteiger partial charge in [-0.3, -0.25) is 13.8 Å². The zero-order chi connectivity index (χ0) is 21.9. The van der Waals surface area contributed by atoms with Gasteiger partial charge in [0, 0.05) is 48.4 Å². The smallest absolute Gasteiger partial charge is 0.573 e. The van der Waals surface area contributed by atoms with Crippen LogP contribution in [0.25, 0.3) is 0 Å². The number of piperazine rings is 1. The van der Waals surface area contributed by atoms with Gasteiger partial charge in [-0.25, -0.2) is 4.98 Å².